The number of benzene rings is 2. The minimum Gasteiger partial charge on any atom is -0.467 e. The zero-order chi connectivity index (χ0) is 22.8. The van der Waals surface area contributed by atoms with Gasteiger partial charge in [-0.25, -0.2) is 4.39 Å². The standard InChI is InChI=1S/C26H27FN2O3/c1-2-16-28(25(30)15-12-21-7-4-3-5-8-21)20-26(31)29(19-24-9-6-17-32-24)18-22-10-13-23(27)14-11-22/h2-11,13-14,17H,1,12,15-16,18-20H2. The van der Waals surface area contributed by atoms with Gasteiger partial charge in [-0.1, -0.05) is 48.5 Å². The molecule has 3 rings (SSSR count). The first kappa shape index (κ1) is 23.0. The Bertz CT molecular complexity index is 1000. The van der Waals surface area contributed by atoms with Crippen LogP contribution in [0.25, 0.3) is 0 Å². The molecule has 0 aliphatic carbocycles. The summed E-state index contributed by atoms with van der Waals surface area (Å²) in [4.78, 5) is 29.1. The van der Waals surface area contributed by atoms with Gasteiger partial charge in [-0.15, -0.1) is 6.58 Å². The zero-order valence-corrected chi connectivity index (χ0v) is 18.0. The summed E-state index contributed by atoms with van der Waals surface area (Å²) in [5.74, 6) is -0.0348. The lowest BCUT2D eigenvalue weighted by molar-refractivity contribution is -0.141. The minimum absolute atomic E-state index is 0.0679. The molecule has 0 aliphatic rings. The van der Waals surface area contributed by atoms with Gasteiger partial charge in [0.05, 0.1) is 12.8 Å². The Morgan fingerprint density at radius 2 is 1.62 bits per heavy atom. The maximum atomic E-state index is 13.3. The van der Waals surface area contributed by atoms with Gasteiger partial charge in [0.1, 0.15) is 18.1 Å². The molecule has 166 valence electrons. The molecule has 0 bridgehead atoms. The maximum Gasteiger partial charge on any atom is 0.242 e. The average molecular weight is 435 g/mol. The zero-order valence-electron chi connectivity index (χ0n) is 18.0. The molecular formula is C26H27FN2O3. The predicted octanol–water partition coefficient (Wildman–Crippen LogP) is 4.59. The number of furan rings is 1. The SMILES string of the molecule is C=CCN(CC(=O)N(Cc1ccc(F)cc1)Cc1ccco1)C(=O)CCc1ccccc1. The van der Waals surface area contributed by atoms with Crippen LogP contribution in [-0.4, -0.2) is 34.7 Å². The first-order valence-electron chi connectivity index (χ1n) is 10.5. The maximum absolute atomic E-state index is 13.3. The molecule has 0 saturated carbocycles. The number of nitrogens with zero attached hydrogens (tertiary/aromatic N) is 2. The number of hydrogen-bond acceptors (Lipinski definition) is 3. The van der Waals surface area contributed by atoms with E-state index in [-0.39, 0.29) is 43.8 Å². The molecule has 1 aromatic heterocycles. The monoisotopic (exact) mass is 434 g/mol. The van der Waals surface area contributed by atoms with Crippen LogP contribution in [0.5, 0.6) is 0 Å². The van der Waals surface area contributed by atoms with Gasteiger partial charge in [0.25, 0.3) is 0 Å². The lowest BCUT2D eigenvalue weighted by Crippen LogP contribution is -2.42. The van der Waals surface area contributed by atoms with Crippen LogP contribution in [0.15, 0.2) is 90.1 Å². The largest absolute Gasteiger partial charge is 0.467 e. The smallest absolute Gasteiger partial charge is 0.242 e. The van der Waals surface area contributed by atoms with Gasteiger partial charge in [0, 0.05) is 19.5 Å². The second kappa shape index (κ2) is 11.6. The fraction of sp³-hybridized carbons (Fsp3) is 0.231. The van der Waals surface area contributed by atoms with Gasteiger partial charge in [0.2, 0.25) is 11.8 Å². The summed E-state index contributed by atoms with van der Waals surface area (Å²) >= 11 is 0. The highest BCUT2D eigenvalue weighted by atomic mass is 19.1. The Labute approximate surface area is 187 Å². The Kier molecular flexibility index (Phi) is 8.37. The van der Waals surface area contributed by atoms with Gasteiger partial charge in [-0.05, 0) is 41.8 Å². The predicted molar refractivity (Wildman–Crippen MR) is 121 cm³/mol. The Balaban J connectivity index is 1.68. The van der Waals surface area contributed by atoms with E-state index < -0.39 is 0 Å². The number of halogens is 1. The number of rotatable bonds is 11. The molecule has 2 amide bonds. The highest BCUT2D eigenvalue weighted by Gasteiger charge is 2.22. The molecule has 0 saturated heterocycles. The van der Waals surface area contributed by atoms with Crippen molar-refractivity contribution in [2.24, 2.45) is 0 Å². The van der Waals surface area contributed by atoms with E-state index in [2.05, 4.69) is 6.58 Å². The summed E-state index contributed by atoms with van der Waals surface area (Å²) in [6.45, 7) is 4.47. The van der Waals surface area contributed by atoms with Crippen LogP contribution in [-0.2, 0) is 29.1 Å². The van der Waals surface area contributed by atoms with Gasteiger partial charge >= 0.3 is 0 Å². The van der Waals surface area contributed by atoms with Gasteiger partial charge < -0.3 is 14.2 Å². The van der Waals surface area contributed by atoms with Gasteiger partial charge in [-0.2, -0.15) is 0 Å². The van der Waals surface area contributed by atoms with Gasteiger partial charge in [0.15, 0.2) is 0 Å². The van der Waals surface area contributed by atoms with Crippen molar-refractivity contribution in [2.45, 2.75) is 25.9 Å². The molecule has 1 heterocycles. The van der Waals surface area contributed by atoms with Crippen LogP contribution in [0.1, 0.15) is 23.3 Å². The number of carbonyl (C=O) groups excluding carboxylic acids is 2. The van der Waals surface area contributed by atoms with E-state index in [4.69, 9.17) is 4.42 Å². The van der Waals surface area contributed by atoms with E-state index in [1.165, 1.54) is 17.0 Å². The summed E-state index contributed by atoms with van der Waals surface area (Å²) in [7, 11) is 0. The van der Waals surface area contributed by atoms with E-state index in [0.29, 0.717) is 18.6 Å². The number of hydrogen-bond donors (Lipinski definition) is 0. The fourth-order valence-corrected chi connectivity index (χ4v) is 3.36. The molecule has 0 spiro atoms. The first-order chi connectivity index (χ1) is 15.5. The van der Waals surface area contributed by atoms with Crippen molar-refractivity contribution in [3.63, 3.8) is 0 Å². The molecule has 32 heavy (non-hydrogen) atoms. The molecule has 0 unspecified atom stereocenters. The van der Waals surface area contributed by atoms with Crippen molar-refractivity contribution in [1.82, 2.24) is 9.80 Å². The second-order valence-electron chi connectivity index (χ2n) is 7.50. The van der Waals surface area contributed by atoms with Crippen molar-refractivity contribution < 1.29 is 18.4 Å². The molecular weight excluding hydrogens is 407 g/mol. The topological polar surface area (TPSA) is 53.8 Å². The third-order valence-electron chi connectivity index (χ3n) is 5.06. The Hall–Kier alpha value is -3.67. The molecule has 0 atom stereocenters. The van der Waals surface area contributed by atoms with Gasteiger partial charge in [-0.3, -0.25) is 9.59 Å². The highest BCUT2D eigenvalue weighted by Crippen LogP contribution is 2.13. The fourth-order valence-electron chi connectivity index (χ4n) is 3.36. The first-order valence-corrected chi connectivity index (χ1v) is 10.5. The lowest BCUT2D eigenvalue weighted by Gasteiger charge is -2.27. The number of amides is 2. The van der Waals surface area contributed by atoms with E-state index in [0.717, 1.165) is 11.1 Å². The van der Waals surface area contributed by atoms with E-state index in [9.17, 15) is 14.0 Å². The van der Waals surface area contributed by atoms with Crippen molar-refractivity contribution in [3.05, 3.63) is 108 Å². The van der Waals surface area contributed by atoms with Crippen LogP contribution >= 0.6 is 0 Å². The van der Waals surface area contributed by atoms with E-state index in [1.54, 1.807) is 41.5 Å². The average Bonchev–Trinajstić information content (AvgIpc) is 3.32. The van der Waals surface area contributed by atoms with Crippen molar-refractivity contribution in [3.8, 4) is 0 Å². The summed E-state index contributed by atoms with van der Waals surface area (Å²) in [5.41, 5.74) is 1.86. The van der Waals surface area contributed by atoms with Crippen LogP contribution in [0.3, 0.4) is 0 Å². The van der Waals surface area contributed by atoms with E-state index in [1.807, 2.05) is 30.3 Å². The Morgan fingerprint density at radius 1 is 0.875 bits per heavy atom. The summed E-state index contributed by atoms with van der Waals surface area (Å²) in [6.07, 6.45) is 4.08. The molecule has 6 heteroatoms. The molecule has 2 aromatic carbocycles. The van der Waals surface area contributed by atoms with Crippen molar-refractivity contribution in [1.29, 1.82) is 0 Å². The van der Waals surface area contributed by atoms with Crippen molar-refractivity contribution in [2.75, 3.05) is 13.1 Å². The summed E-state index contributed by atoms with van der Waals surface area (Å²) < 4.78 is 18.7. The second-order valence-corrected chi connectivity index (χ2v) is 7.50. The highest BCUT2D eigenvalue weighted by molar-refractivity contribution is 5.85. The molecule has 0 radical (unpaired) electrons. The van der Waals surface area contributed by atoms with Crippen LogP contribution < -0.4 is 0 Å². The summed E-state index contributed by atoms with van der Waals surface area (Å²) in [6, 6.07) is 19.3. The summed E-state index contributed by atoms with van der Waals surface area (Å²) in [5, 5.41) is 0. The third kappa shape index (κ3) is 6.94. The minimum atomic E-state index is -0.334. The number of carbonyl (C=O) groups is 2. The lowest BCUT2D eigenvalue weighted by atomic mass is 10.1. The third-order valence-corrected chi connectivity index (χ3v) is 5.06. The van der Waals surface area contributed by atoms with E-state index >= 15 is 0 Å². The van der Waals surface area contributed by atoms with Crippen LogP contribution in [0.2, 0.25) is 0 Å². The number of aryl methyl sites for hydroxylation is 1. The molecule has 0 fully saturated rings. The molecule has 0 aliphatic heterocycles. The molecule has 3 aromatic rings. The normalized spacial score (nSPS) is 10.5. The molecule has 5 nitrogen and oxygen atoms in total. The van der Waals surface area contributed by atoms with Crippen molar-refractivity contribution >= 4 is 11.8 Å². The molecule has 0 N–H and O–H groups in total. The van der Waals surface area contributed by atoms with Crippen LogP contribution in [0, 0.1) is 5.82 Å². The Morgan fingerprint density at radius 3 is 2.28 bits per heavy atom. The quantitative estimate of drug-likeness (QED) is 0.415. The van der Waals surface area contributed by atoms with Crippen LogP contribution in [0.4, 0.5) is 4.39 Å².